The van der Waals surface area contributed by atoms with Gasteiger partial charge in [0.1, 0.15) is 11.5 Å². The molecule has 0 aromatic heterocycles. The molecule has 0 atom stereocenters. The number of fused-ring (bicyclic) bond motifs is 2. The molecule has 188 valence electrons. The molecule has 2 aromatic carbocycles. The minimum absolute atomic E-state index is 0.0305. The van der Waals surface area contributed by atoms with Crippen molar-refractivity contribution < 1.29 is 8.85 Å². The quantitative estimate of drug-likeness (QED) is 0.350. The highest BCUT2D eigenvalue weighted by Gasteiger charge is 2.63. The first-order chi connectivity index (χ1) is 15.2. The largest absolute Gasteiger partial charge is 0.511 e. The first kappa shape index (κ1) is 26.9. The third kappa shape index (κ3) is 4.70. The van der Waals surface area contributed by atoms with Crippen molar-refractivity contribution in [2.75, 3.05) is 0 Å². The van der Waals surface area contributed by atoms with Crippen LogP contribution in [0.2, 0.25) is 10.1 Å². The van der Waals surface area contributed by atoms with Crippen molar-refractivity contribution in [3.05, 3.63) is 57.6 Å². The topological polar surface area (TPSA) is 18.5 Å². The Morgan fingerprint density at radius 1 is 0.559 bits per heavy atom. The van der Waals surface area contributed by atoms with E-state index in [0.29, 0.717) is 0 Å². The molecule has 0 saturated heterocycles. The van der Waals surface area contributed by atoms with Crippen LogP contribution in [0, 0.1) is 13.8 Å². The minimum atomic E-state index is -2.93. The lowest BCUT2D eigenvalue weighted by atomic mass is 9.81. The first-order valence-electron chi connectivity index (χ1n) is 12.8. The standard InChI is InChI=1S/C31H48O2Si/c1-20-15-22-19-23-16-21(2)18-25(29(6,7)8)27(23)33-34(30(9,10)11,31(12,13)14)32-26(22)24(17-20)28(3,4)5/h15-18H,19H2,1-14H3. The average molecular weight is 481 g/mol. The number of benzene rings is 2. The van der Waals surface area contributed by atoms with E-state index in [9.17, 15) is 0 Å². The van der Waals surface area contributed by atoms with Crippen LogP contribution in [0.5, 0.6) is 11.5 Å². The maximum atomic E-state index is 7.44. The van der Waals surface area contributed by atoms with E-state index in [1.807, 2.05) is 0 Å². The van der Waals surface area contributed by atoms with Crippen molar-refractivity contribution in [2.45, 2.75) is 124 Å². The predicted molar refractivity (Wildman–Crippen MR) is 149 cm³/mol. The SMILES string of the molecule is Cc1cc2c(c(C(C)(C)C)c1)O[Si](C(C)(C)C)(C(C)(C)C)Oc1c(cc(C)cc1C(C)(C)C)C2. The van der Waals surface area contributed by atoms with Crippen molar-refractivity contribution in [3.8, 4) is 11.5 Å². The Morgan fingerprint density at radius 2 is 0.882 bits per heavy atom. The van der Waals surface area contributed by atoms with Crippen LogP contribution >= 0.6 is 0 Å². The summed E-state index contributed by atoms with van der Waals surface area (Å²) < 4.78 is 14.9. The second kappa shape index (κ2) is 8.15. The van der Waals surface area contributed by atoms with Crippen LogP contribution in [-0.2, 0) is 17.3 Å². The van der Waals surface area contributed by atoms with Gasteiger partial charge in [0.15, 0.2) is 0 Å². The molecule has 3 heteroatoms. The van der Waals surface area contributed by atoms with Crippen molar-refractivity contribution in [3.63, 3.8) is 0 Å². The van der Waals surface area contributed by atoms with Gasteiger partial charge >= 0.3 is 8.56 Å². The monoisotopic (exact) mass is 480 g/mol. The average Bonchev–Trinajstić information content (AvgIpc) is 2.58. The van der Waals surface area contributed by atoms with Gasteiger partial charge in [-0.3, -0.25) is 0 Å². The number of hydrogen-bond acceptors (Lipinski definition) is 2. The molecule has 0 aliphatic carbocycles. The number of hydrogen-bond donors (Lipinski definition) is 0. The Labute approximate surface area is 210 Å². The number of rotatable bonds is 0. The van der Waals surface area contributed by atoms with E-state index in [0.717, 1.165) is 17.9 Å². The van der Waals surface area contributed by atoms with Crippen molar-refractivity contribution in [1.82, 2.24) is 0 Å². The molecule has 2 aromatic rings. The molecular weight excluding hydrogens is 432 g/mol. The Bertz CT molecular complexity index is 995. The van der Waals surface area contributed by atoms with E-state index in [1.54, 1.807) is 0 Å². The molecule has 0 spiro atoms. The Hall–Kier alpha value is -1.74. The van der Waals surface area contributed by atoms with Crippen LogP contribution in [0.25, 0.3) is 0 Å². The van der Waals surface area contributed by atoms with Gasteiger partial charge in [0, 0.05) is 16.5 Å². The van der Waals surface area contributed by atoms with E-state index >= 15 is 0 Å². The third-order valence-electron chi connectivity index (χ3n) is 7.08. The van der Waals surface area contributed by atoms with Crippen LogP contribution in [0.1, 0.15) is 116 Å². The lowest BCUT2D eigenvalue weighted by molar-refractivity contribution is 0.282. The highest BCUT2D eigenvalue weighted by molar-refractivity contribution is 6.74. The van der Waals surface area contributed by atoms with Gasteiger partial charge in [-0.25, -0.2) is 0 Å². The fourth-order valence-electron chi connectivity index (χ4n) is 5.57. The molecule has 2 nitrogen and oxygen atoms in total. The molecule has 3 rings (SSSR count). The second-order valence-corrected chi connectivity index (χ2v) is 19.2. The van der Waals surface area contributed by atoms with E-state index in [1.165, 1.54) is 33.4 Å². The molecule has 0 N–H and O–H groups in total. The molecule has 0 saturated carbocycles. The summed E-state index contributed by atoms with van der Waals surface area (Å²) in [6, 6.07) is 9.32. The summed E-state index contributed by atoms with van der Waals surface area (Å²) in [4.78, 5) is 0. The summed E-state index contributed by atoms with van der Waals surface area (Å²) in [6.45, 7) is 32.0. The van der Waals surface area contributed by atoms with Crippen molar-refractivity contribution in [2.24, 2.45) is 0 Å². The lowest BCUT2D eigenvalue weighted by Gasteiger charge is -2.50. The smallest absolute Gasteiger partial charge is 0.471 e. The summed E-state index contributed by atoms with van der Waals surface area (Å²) in [7, 11) is -2.93. The zero-order valence-corrected chi connectivity index (χ0v) is 25.3. The molecular formula is C31H48O2Si. The van der Waals surface area contributed by atoms with Gasteiger partial charge in [-0.05, 0) is 46.9 Å². The van der Waals surface area contributed by atoms with Gasteiger partial charge in [0.25, 0.3) is 0 Å². The van der Waals surface area contributed by atoms with Crippen LogP contribution in [0.3, 0.4) is 0 Å². The maximum Gasteiger partial charge on any atom is 0.471 e. The Morgan fingerprint density at radius 3 is 1.15 bits per heavy atom. The van der Waals surface area contributed by atoms with E-state index < -0.39 is 8.56 Å². The zero-order valence-electron chi connectivity index (χ0n) is 24.3. The molecule has 0 radical (unpaired) electrons. The molecule has 1 heterocycles. The molecule has 0 fully saturated rings. The maximum absolute atomic E-state index is 7.44. The minimum Gasteiger partial charge on any atom is -0.511 e. The fraction of sp³-hybridized carbons (Fsp3) is 0.613. The van der Waals surface area contributed by atoms with Gasteiger partial charge in [0.05, 0.1) is 0 Å². The van der Waals surface area contributed by atoms with Crippen molar-refractivity contribution in [1.29, 1.82) is 0 Å². The molecule has 0 bridgehead atoms. The fourth-order valence-corrected chi connectivity index (χ4v) is 10.1. The third-order valence-corrected chi connectivity index (χ3v) is 12.0. The number of aryl methyl sites for hydroxylation is 2. The van der Waals surface area contributed by atoms with Gasteiger partial charge in [-0.2, -0.15) is 0 Å². The van der Waals surface area contributed by atoms with Gasteiger partial charge in [-0.1, -0.05) is 118 Å². The van der Waals surface area contributed by atoms with Crippen LogP contribution < -0.4 is 8.85 Å². The normalized spacial score (nSPS) is 16.5. The molecule has 0 amide bonds. The summed E-state index contributed by atoms with van der Waals surface area (Å²) in [5, 5.41) is -0.311. The summed E-state index contributed by atoms with van der Waals surface area (Å²) in [5.74, 6) is 2.11. The first-order valence-corrected chi connectivity index (χ1v) is 14.6. The second-order valence-electron chi connectivity index (χ2n) is 14.6. The van der Waals surface area contributed by atoms with E-state index in [-0.39, 0.29) is 20.9 Å². The highest BCUT2D eigenvalue weighted by atomic mass is 28.4. The zero-order chi connectivity index (χ0) is 26.1. The van der Waals surface area contributed by atoms with E-state index in [2.05, 4.69) is 121 Å². The lowest BCUT2D eigenvalue weighted by Crippen LogP contribution is -2.63. The van der Waals surface area contributed by atoms with Crippen LogP contribution in [0.4, 0.5) is 0 Å². The molecule has 1 aliphatic rings. The van der Waals surface area contributed by atoms with Gasteiger partial charge in [0.2, 0.25) is 0 Å². The highest BCUT2D eigenvalue weighted by Crippen LogP contribution is 2.56. The van der Waals surface area contributed by atoms with E-state index in [4.69, 9.17) is 8.85 Å². The Kier molecular flexibility index (Phi) is 6.44. The summed E-state index contributed by atoms with van der Waals surface area (Å²) in [5.41, 5.74) is 7.65. The summed E-state index contributed by atoms with van der Waals surface area (Å²) >= 11 is 0. The molecule has 0 unspecified atom stereocenters. The molecule has 1 aliphatic heterocycles. The summed E-state index contributed by atoms with van der Waals surface area (Å²) in [6.07, 6.45) is 0.818. The molecule has 34 heavy (non-hydrogen) atoms. The van der Waals surface area contributed by atoms with Gasteiger partial charge < -0.3 is 8.85 Å². The van der Waals surface area contributed by atoms with Gasteiger partial charge in [-0.15, -0.1) is 0 Å². The predicted octanol–water partition coefficient (Wildman–Crippen LogP) is 9.30. The van der Waals surface area contributed by atoms with Crippen molar-refractivity contribution >= 4 is 8.56 Å². The van der Waals surface area contributed by atoms with Crippen LogP contribution in [-0.4, -0.2) is 8.56 Å². The Balaban J connectivity index is 2.53. The van der Waals surface area contributed by atoms with Crippen LogP contribution in [0.15, 0.2) is 24.3 Å².